The van der Waals surface area contributed by atoms with Gasteiger partial charge in [0.1, 0.15) is 5.75 Å². The molecule has 1 saturated heterocycles. The molecule has 0 spiro atoms. The Labute approximate surface area is 97.4 Å². The molecule has 1 heterocycles. The molecule has 1 atom stereocenters. The number of carbonyl (C=O) groups excluding carboxylic acids is 1. The molecule has 1 fully saturated rings. The number of ether oxygens (including phenoxy) is 1. The number of nitrogen functional groups attached to an aromatic ring is 1. The number of anilines is 1. The van der Waals surface area contributed by atoms with Crippen LogP contribution in [0.2, 0.25) is 0 Å². The molecule has 1 aromatic carbocycles. The monoisotopic (exact) mass is 236 g/mol. The summed E-state index contributed by atoms with van der Waals surface area (Å²) in [7, 11) is 0. The summed E-state index contributed by atoms with van der Waals surface area (Å²) in [6.45, 7) is 2.05. The Kier molecular flexibility index (Phi) is 2.63. The third kappa shape index (κ3) is 1.89. The zero-order chi connectivity index (χ0) is 12.6. The first kappa shape index (κ1) is 11.3. The number of benzene rings is 1. The maximum atomic E-state index is 11.0. The number of aromatic carboxylic acids is 1. The fourth-order valence-electron chi connectivity index (χ4n) is 1.56. The van der Waals surface area contributed by atoms with Crippen LogP contribution >= 0.6 is 0 Å². The molecule has 0 aliphatic carbocycles. The second-order valence-corrected chi connectivity index (χ2v) is 3.81. The molecule has 2 rings (SSSR count). The van der Waals surface area contributed by atoms with Crippen molar-refractivity contribution in [2.24, 2.45) is 0 Å². The summed E-state index contributed by atoms with van der Waals surface area (Å²) >= 11 is 0. The lowest BCUT2D eigenvalue weighted by molar-refractivity contribution is -0.135. The molecule has 90 valence electrons. The van der Waals surface area contributed by atoms with Crippen LogP contribution in [0.25, 0.3) is 0 Å². The number of rotatable bonds is 3. The van der Waals surface area contributed by atoms with Crippen LogP contribution in [-0.2, 0) is 4.79 Å². The van der Waals surface area contributed by atoms with E-state index >= 15 is 0 Å². The Hall–Kier alpha value is -2.24. The first-order valence-electron chi connectivity index (χ1n) is 5.07. The summed E-state index contributed by atoms with van der Waals surface area (Å²) in [5.74, 6) is -0.890. The van der Waals surface area contributed by atoms with Crippen LogP contribution in [0.15, 0.2) is 12.1 Å². The number of carbonyl (C=O) groups is 2. The number of hydrogen-bond acceptors (Lipinski definition) is 4. The first-order valence-corrected chi connectivity index (χ1v) is 5.07. The largest absolute Gasteiger partial charge is 0.478 e. The van der Waals surface area contributed by atoms with Crippen LogP contribution in [0.3, 0.4) is 0 Å². The summed E-state index contributed by atoms with van der Waals surface area (Å²) in [6, 6.07) is 2.89. The molecule has 1 amide bonds. The van der Waals surface area contributed by atoms with Gasteiger partial charge in [0, 0.05) is 0 Å². The number of carboxylic acids is 1. The summed E-state index contributed by atoms with van der Waals surface area (Å²) < 4.78 is 5.38. The molecule has 1 aliphatic heterocycles. The van der Waals surface area contributed by atoms with Crippen molar-refractivity contribution in [3.8, 4) is 5.75 Å². The normalized spacial score (nSPS) is 18.2. The van der Waals surface area contributed by atoms with Crippen molar-refractivity contribution in [3.63, 3.8) is 0 Å². The molecule has 0 saturated carbocycles. The van der Waals surface area contributed by atoms with Gasteiger partial charge in [-0.1, -0.05) is 0 Å². The predicted octanol–water partition coefficient (Wildman–Crippen LogP) is 0.153. The van der Waals surface area contributed by atoms with E-state index in [0.29, 0.717) is 17.9 Å². The van der Waals surface area contributed by atoms with E-state index in [1.54, 1.807) is 6.92 Å². The Morgan fingerprint density at radius 1 is 1.59 bits per heavy atom. The third-order valence-electron chi connectivity index (χ3n) is 2.73. The van der Waals surface area contributed by atoms with Gasteiger partial charge in [-0.05, 0) is 24.6 Å². The number of hydrogen-bond donors (Lipinski definition) is 3. The molecule has 0 radical (unpaired) electrons. The van der Waals surface area contributed by atoms with E-state index in [4.69, 9.17) is 15.6 Å². The number of nitrogens with one attached hydrogen (secondary N) is 1. The summed E-state index contributed by atoms with van der Waals surface area (Å²) in [6.07, 6.45) is -0.535. The SMILES string of the molecule is Cc1c(C(=O)O)ccc(OC2CNC2=O)c1N. The number of nitrogens with two attached hydrogens (primary N) is 1. The zero-order valence-electron chi connectivity index (χ0n) is 9.19. The quantitative estimate of drug-likeness (QED) is 0.512. The van der Waals surface area contributed by atoms with Gasteiger partial charge in [-0.2, -0.15) is 0 Å². The maximum Gasteiger partial charge on any atom is 0.336 e. The molecular formula is C11H12N2O4. The van der Waals surface area contributed by atoms with Crippen molar-refractivity contribution < 1.29 is 19.4 Å². The van der Waals surface area contributed by atoms with E-state index in [0.717, 1.165) is 0 Å². The lowest BCUT2D eigenvalue weighted by atomic mass is 10.1. The number of carboxylic acid groups (broad SMARTS) is 1. The van der Waals surface area contributed by atoms with Crippen LogP contribution in [0.5, 0.6) is 5.75 Å². The zero-order valence-corrected chi connectivity index (χ0v) is 9.19. The third-order valence-corrected chi connectivity index (χ3v) is 2.73. The molecule has 1 unspecified atom stereocenters. The lowest BCUT2D eigenvalue weighted by Gasteiger charge is -2.27. The highest BCUT2D eigenvalue weighted by Crippen LogP contribution is 2.29. The van der Waals surface area contributed by atoms with Gasteiger partial charge in [-0.15, -0.1) is 0 Å². The van der Waals surface area contributed by atoms with E-state index < -0.39 is 12.1 Å². The summed E-state index contributed by atoms with van der Waals surface area (Å²) in [5.41, 5.74) is 6.60. The van der Waals surface area contributed by atoms with Gasteiger partial charge < -0.3 is 20.9 Å². The van der Waals surface area contributed by atoms with Crippen molar-refractivity contribution >= 4 is 17.6 Å². The highest BCUT2D eigenvalue weighted by Gasteiger charge is 2.30. The Morgan fingerprint density at radius 3 is 2.76 bits per heavy atom. The highest BCUT2D eigenvalue weighted by atomic mass is 16.5. The van der Waals surface area contributed by atoms with Crippen LogP contribution in [0, 0.1) is 6.92 Å². The highest BCUT2D eigenvalue weighted by molar-refractivity contribution is 5.92. The average molecular weight is 236 g/mol. The fraction of sp³-hybridized carbons (Fsp3) is 0.273. The summed E-state index contributed by atoms with van der Waals surface area (Å²) in [4.78, 5) is 21.9. The second-order valence-electron chi connectivity index (χ2n) is 3.81. The molecule has 6 nitrogen and oxygen atoms in total. The van der Waals surface area contributed by atoms with Gasteiger partial charge in [-0.3, -0.25) is 4.79 Å². The van der Waals surface area contributed by atoms with Gasteiger partial charge in [0.05, 0.1) is 17.8 Å². The number of amides is 1. The van der Waals surface area contributed by atoms with E-state index in [-0.39, 0.29) is 17.2 Å². The minimum atomic E-state index is -1.04. The van der Waals surface area contributed by atoms with Crippen molar-refractivity contribution in [2.75, 3.05) is 12.3 Å². The van der Waals surface area contributed by atoms with E-state index in [9.17, 15) is 9.59 Å². The van der Waals surface area contributed by atoms with Crippen LogP contribution in [-0.4, -0.2) is 29.6 Å². The smallest absolute Gasteiger partial charge is 0.336 e. The Bertz CT molecular complexity index is 498. The van der Waals surface area contributed by atoms with Crippen LogP contribution < -0.4 is 15.8 Å². The van der Waals surface area contributed by atoms with Gasteiger partial charge in [-0.25, -0.2) is 4.79 Å². The molecular weight excluding hydrogens is 224 g/mol. The topological polar surface area (TPSA) is 102 Å². The second kappa shape index (κ2) is 3.97. The predicted molar refractivity (Wildman–Crippen MR) is 60.0 cm³/mol. The average Bonchev–Trinajstić information content (AvgIpc) is 2.28. The van der Waals surface area contributed by atoms with Crippen molar-refractivity contribution in [2.45, 2.75) is 13.0 Å². The van der Waals surface area contributed by atoms with Gasteiger partial charge in [0.2, 0.25) is 0 Å². The van der Waals surface area contributed by atoms with Crippen molar-refractivity contribution in [1.29, 1.82) is 0 Å². The van der Waals surface area contributed by atoms with Crippen molar-refractivity contribution in [1.82, 2.24) is 5.32 Å². The van der Waals surface area contributed by atoms with E-state index in [1.165, 1.54) is 12.1 Å². The van der Waals surface area contributed by atoms with E-state index in [1.807, 2.05) is 0 Å². The Morgan fingerprint density at radius 2 is 2.29 bits per heavy atom. The molecule has 17 heavy (non-hydrogen) atoms. The molecule has 4 N–H and O–H groups in total. The Balaban J connectivity index is 2.27. The lowest BCUT2D eigenvalue weighted by Crippen LogP contribution is -2.56. The van der Waals surface area contributed by atoms with Gasteiger partial charge in [0.25, 0.3) is 5.91 Å². The molecule has 1 aromatic rings. The summed E-state index contributed by atoms with van der Waals surface area (Å²) in [5, 5.41) is 11.4. The standard InChI is InChI=1S/C11H12N2O4/c1-5-6(11(15)16)2-3-7(9(5)12)17-8-4-13-10(8)14/h2-3,8H,4,12H2,1H3,(H,13,14)(H,15,16). The van der Waals surface area contributed by atoms with Crippen molar-refractivity contribution in [3.05, 3.63) is 23.3 Å². The number of β-lactam (4-membered cyclic amide) rings is 1. The maximum absolute atomic E-state index is 11.0. The minimum absolute atomic E-state index is 0.132. The molecule has 0 bridgehead atoms. The van der Waals surface area contributed by atoms with Gasteiger partial charge >= 0.3 is 5.97 Å². The minimum Gasteiger partial charge on any atom is -0.478 e. The first-order chi connectivity index (χ1) is 8.00. The van der Waals surface area contributed by atoms with E-state index in [2.05, 4.69) is 5.32 Å². The van der Waals surface area contributed by atoms with Gasteiger partial charge in [0.15, 0.2) is 6.10 Å². The van der Waals surface area contributed by atoms with Crippen LogP contribution in [0.4, 0.5) is 5.69 Å². The molecule has 1 aliphatic rings. The fourth-order valence-corrected chi connectivity index (χ4v) is 1.56. The molecule has 6 heteroatoms. The van der Waals surface area contributed by atoms with Crippen LogP contribution in [0.1, 0.15) is 15.9 Å². The molecule has 0 aromatic heterocycles.